The van der Waals surface area contributed by atoms with Gasteiger partial charge in [-0.05, 0) is 60.1 Å². The van der Waals surface area contributed by atoms with Crippen molar-refractivity contribution in [1.82, 2.24) is 19.4 Å². The van der Waals surface area contributed by atoms with E-state index in [1.807, 2.05) is 6.07 Å². The Bertz CT molecular complexity index is 1920. The number of hydrogen-bond acceptors (Lipinski definition) is 7. The second-order valence-corrected chi connectivity index (χ2v) is 12.1. The van der Waals surface area contributed by atoms with Gasteiger partial charge in [0.1, 0.15) is 33.3 Å². The number of amides is 1. The number of hydrogen-bond donors (Lipinski definition) is 1. The number of carbonyl (C=O) groups excluding carboxylic acids is 2. The number of nitriles is 1. The molecule has 220 valence electrons. The van der Waals surface area contributed by atoms with Crippen molar-refractivity contribution in [2.45, 2.75) is 35.9 Å². The van der Waals surface area contributed by atoms with Gasteiger partial charge in [-0.15, -0.1) is 0 Å². The van der Waals surface area contributed by atoms with E-state index < -0.39 is 39.4 Å². The van der Waals surface area contributed by atoms with Crippen LogP contribution in [0.1, 0.15) is 61.6 Å². The first-order valence-corrected chi connectivity index (χ1v) is 14.4. The number of ketones is 1. The highest BCUT2D eigenvalue weighted by molar-refractivity contribution is 6.45. The van der Waals surface area contributed by atoms with E-state index >= 15 is 4.39 Å². The Kier molecular flexibility index (Phi) is 7.59. The van der Waals surface area contributed by atoms with Gasteiger partial charge in [-0.1, -0.05) is 23.7 Å². The maximum Gasteiger partial charge on any atom is 0.257 e. The van der Waals surface area contributed by atoms with Crippen molar-refractivity contribution in [2.75, 3.05) is 0 Å². The third kappa shape index (κ3) is 4.98. The lowest BCUT2D eigenvalue weighted by Gasteiger charge is -2.51. The van der Waals surface area contributed by atoms with Gasteiger partial charge < -0.3 is 14.4 Å². The molecule has 1 saturated carbocycles. The Morgan fingerprint density at radius 1 is 1.15 bits per heavy atom. The number of nitrogens with zero attached hydrogens (tertiary/aromatic N) is 5. The monoisotopic (exact) mass is 625 g/mol. The van der Waals surface area contributed by atoms with Gasteiger partial charge in [-0.25, -0.2) is 9.37 Å². The number of halogens is 2. The van der Waals surface area contributed by atoms with Gasteiger partial charge in [0, 0.05) is 41.0 Å². The fourth-order valence-corrected chi connectivity index (χ4v) is 6.12. The van der Waals surface area contributed by atoms with Gasteiger partial charge >= 0.3 is 0 Å². The Morgan fingerprint density at radius 2 is 1.85 bits per heavy atom. The number of fused-ring (bicyclic) bond motifs is 1. The van der Waals surface area contributed by atoms with Crippen LogP contribution in [0.4, 0.5) is 4.39 Å². The van der Waals surface area contributed by atoms with E-state index in [-0.39, 0.29) is 52.9 Å². The lowest BCUT2D eigenvalue weighted by atomic mass is 9.43. The highest BCUT2D eigenvalue weighted by atomic mass is 35.5. The lowest BCUT2D eigenvalue weighted by molar-refractivity contribution is -0.169. The van der Waals surface area contributed by atoms with Crippen LogP contribution in [0.25, 0.3) is 0 Å². The van der Waals surface area contributed by atoms with E-state index in [1.54, 1.807) is 11.6 Å². The second kappa shape index (κ2) is 11.0. The predicted molar refractivity (Wildman–Crippen MR) is 168 cm³/mol. The molecule has 1 N–H and O–H groups in total. The number of pyridine rings is 1. The molecule has 4 aromatic rings. The van der Waals surface area contributed by atoms with Crippen molar-refractivity contribution in [3.05, 3.63) is 117 Å². The van der Waals surface area contributed by atoms with Crippen LogP contribution in [0.3, 0.4) is 0 Å². The van der Waals surface area contributed by atoms with Crippen LogP contribution in [0, 0.1) is 22.6 Å². The molecule has 2 aromatic heterocycles. The van der Waals surface area contributed by atoms with Crippen LogP contribution in [-0.4, -0.2) is 78.4 Å². The number of rotatable bonds is 9. The van der Waals surface area contributed by atoms with Crippen LogP contribution in [-0.2, 0) is 24.1 Å². The van der Waals surface area contributed by atoms with Crippen molar-refractivity contribution in [1.29, 1.82) is 5.26 Å². The smallest absolute Gasteiger partial charge is 0.257 e. The summed E-state index contributed by atoms with van der Waals surface area (Å²) in [5.41, 5.74) is -3.73. The van der Waals surface area contributed by atoms with E-state index in [9.17, 15) is 20.0 Å². The average molecular weight is 625 g/mol. The van der Waals surface area contributed by atoms with Crippen molar-refractivity contribution < 1.29 is 23.8 Å². The standard InChI is InChI=1S/C31H21B4ClFN5O4/c1-41-15-24(40-16-41)26(43)18-10-22-25(23(37)11-18)29(19-3-5-20(36)6-4-19,46-31(34,35)28(8-9-28)30(32,33)45)42(27(22)44)14-21-7-2-17(12-38)13-39-21/h2-7,10-11,13,15-16,45H,8-9,14H2,1H3/t29-/m1/s1. The Labute approximate surface area is 274 Å². The molecule has 0 bridgehead atoms. The van der Waals surface area contributed by atoms with Crippen LogP contribution < -0.4 is 0 Å². The molecule has 9 nitrogen and oxygen atoms in total. The summed E-state index contributed by atoms with van der Waals surface area (Å²) >= 11 is 6.22. The molecular formula is C31H21B4ClFN5O4. The zero-order valence-electron chi connectivity index (χ0n) is 24.4. The normalized spacial score (nSPS) is 18.7. The minimum atomic E-state index is -2.42. The number of ether oxygens (including phenoxy) is 1. The zero-order chi connectivity index (χ0) is 33.2. The molecule has 0 saturated heterocycles. The first-order valence-electron chi connectivity index (χ1n) is 14.0. The maximum absolute atomic E-state index is 16.7. The van der Waals surface area contributed by atoms with E-state index in [4.69, 9.17) is 47.7 Å². The quantitative estimate of drug-likeness (QED) is 0.224. The summed E-state index contributed by atoms with van der Waals surface area (Å²) in [5, 5.41) is 15.5. The minimum absolute atomic E-state index is 0.0370. The third-order valence-electron chi connectivity index (χ3n) is 8.58. The molecule has 8 radical (unpaired) electrons. The van der Waals surface area contributed by atoms with Crippen molar-refractivity contribution in [3.63, 3.8) is 0 Å². The zero-order valence-corrected chi connectivity index (χ0v) is 25.2. The molecule has 46 heavy (non-hydrogen) atoms. The Balaban J connectivity index is 1.60. The number of imidazole rings is 1. The van der Waals surface area contributed by atoms with Crippen molar-refractivity contribution in [2.24, 2.45) is 12.5 Å². The summed E-state index contributed by atoms with van der Waals surface area (Å²) in [4.78, 5) is 37.3. The van der Waals surface area contributed by atoms with Crippen molar-refractivity contribution in [3.8, 4) is 6.07 Å². The van der Waals surface area contributed by atoms with E-state index in [1.165, 1.54) is 61.2 Å². The van der Waals surface area contributed by atoms with E-state index in [2.05, 4.69) is 9.97 Å². The number of aryl methyl sites for hydroxylation is 1. The number of benzene rings is 2. The Morgan fingerprint density at radius 3 is 2.39 bits per heavy atom. The van der Waals surface area contributed by atoms with E-state index in [0.717, 1.165) is 11.0 Å². The Hall–Kier alpha value is -4.17. The molecule has 1 aliphatic carbocycles. The molecule has 1 aliphatic heterocycles. The summed E-state index contributed by atoms with van der Waals surface area (Å²) in [6.45, 7) is -0.302. The first kappa shape index (κ1) is 31.8. The lowest BCUT2D eigenvalue weighted by Crippen LogP contribution is -2.62. The fourth-order valence-electron chi connectivity index (χ4n) is 5.99. The minimum Gasteiger partial charge on any atom is -0.409 e. The molecule has 1 atom stereocenters. The van der Waals surface area contributed by atoms with Crippen LogP contribution in [0.2, 0.25) is 5.02 Å². The molecule has 1 fully saturated rings. The summed E-state index contributed by atoms with van der Waals surface area (Å²) in [5.74, 6) is -2.38. The van der Waals surface area contributed by atoms with Crippen LogP contribution in [0.5, 0.6) is 0 Å². The van der Waals surface area contributed by atoms with Gasteiger partial charge in [-0.2, -0.15) is 5.26 Å². The number of aliphatic hydroxyl groups is 1. The maximum atomic E-state index is 16.7. The van der Waals surface area contributed by atoms with Gasteiger partial charge in [0.25, 0.3) is 5.91 Å². The second-order valence-electron chi connectivity index (χ2n) is 11.6. The van der Waals surface area contributed by atoms with Gasteiger partial charge in [0.2, 0.25) is 5.78 Å². The molecule has 0 unspecified atom stereocenters. The van der Waals surface area contributed by atoms with Crippen molar-refractivity contribution >= 4 is 54.7 Å². The summed E-state index contributed by atoms with van der Waals surface area (Å²) in [6.07, 6.45) is 4.50. The molecule has 2 aliphatic rings. The molecule has 2 aromatic carbocycles. The molecule has 1 amide bonds. The van der Waals surface area contributed by atoms with Gasteiger partial charge in [0.05, 0.1) is 50.9 Å². The van der Waals surface area contributed by atoms with Gasteiger partial charge in [-0.3, -0.25) is 19.5 Å². The van der Waals surface area contributed by atoms with Crippen LogP contribution >= 0.6 is 11.6 Å². The van der Waals surface area contributed by atoms with Gasteiger partial charge in [0.15, 0.2) is 5.72 Å². The average Bonchev–Trinajstić information content (AvgIpc) is 3.70. The molecule has 6 rings (SSSR count). The summed E-state index contributed by atoms with van der Waals surface area (Å²) in [7, 11) is 26.7. The summed E-state index contributed by atoms with van der Waals surface area (Å²) in [6, 6.07) is 13.2. The molecular weight excluding hydrogens is 604 g/mol. The highest BCUT2D eigenvalue weighted by Crippen LogP contribution is 2.61. The van der Waals surface area contributed by atoms with E-state index in [0.29, 0.717) is 10.7 Å². The summed E-state index contributed by atoms with van der Waals surface area (Å²) < 4.78 is 24.8. The highest BCUT2D eigenvalue weighted by Gasteiger charge is 2.65. The van der Waals surface area contributed by atoms with Crippen LogP contribution in [0.15, 0.2) is 67.3 Å². The molecule has 15 heteroatoms. The number of carbonyl (C=O) groups is 2. The topological polar surface area (TPSA) is 121 Å². The SMILES string of the molecule is [B]C([B])(O)C1(C([B])([B])O[C@]2(c3ccc(Cl)cc3)c3c(F)cc(C(=O)c4cn(C)cn4)cc3C(=O)N2Cc2ccc(C#N)cn2)CC1. The number of aromatic nitrogens is 3. The third-order valence-corrected chi connectivity index (χ3v) is 8.83. The predicted octanol–water partition coefficient (Wildman–Crippen LogP) is 2.34. The first-order chi connectivity index (χ1) is 21.6. The molecule has 3 heterocycles. The molecule has 0 spiro atoms. The largest absolute Gasteiger partial charge is 0.409 e. The fraction of sp³-hybridized carbons (Fsp3) is 0.258.